The summed E-state index contributed by atoms with van der Waals surface area (Å²) in [5.74, 6) is 0.861. The summed E-state index contributed by atoms with van der Waals surface area (Å²) in [6.45, 7) is 1.78. The molecule has 0 spiro atoms. The van der Waals surface area contributed by atoms with Crippen molar-refractivity contribution < 1.29 is 9.84 Å². The molecule has 1 saturated carbocycles. The number of aliphatic hydroxyl groups is 1. The fourth-order valence-corrected chi connectivity index (χ4v) is 2.42. The highest BCUT2D eigenvalue weighted by Gasteiger charge is 2.48. The van der Waals surface area contributed by atoms with E-state index in [0.717, 1.165) is 12.8 Å². The molecule has 1 fully saturated rings. The third-order valence-electron chi connectivity index (χ3n) is 3.64. The standard InChI is InChI=1S/C14H16ClN3O2/c1-14(19,10-2-3-10)13(18-9-16-8-17-18)20-12-6-4-11(15)5-7-12/h4-10,13,19H,2-3H2,1H3. The smallest absolute Gasteiger partial charge is 0.221 e. The predicted molar refractivity (Wildman–Crippen MR) is 74.5 cm³/mol. The lowest BCUT2D eigenvalue weighted by molar-refractivity contribution is -0.106. The molecule has 2 atom stereocenters. The van der Waals surface area contributed by atoms with Crippen LogP contribution in [0.4, 0.5) is 0 Å². The molecule has 0 amide bonds. The average molecular weight is 294 g/mol. The molecule has 106 valence electrons. The van der Waals surface area contributed by atoms with Crippen molar-refractivity contribution in [2.45, 2.75) is 31.6 Å². The van der Waals surface area contributed by atoms with Gasteiger partial charge in [-0.05, 0) is 49.9 Å². The summed E-state index contributed by atoms with van der Waals surface area (Å²) >= 11 is 5.87. The van der Waals surface area contributed by atoms with Gasteiger partial charge >= 0.3 is 0 Å². The first-order valence-corrected chi connectivity index (χ1v) is 6.94. The van der Waals surface area contributed by atoms with Gasteiger partial charge in [-0.15, -0.1) is 0 Å². The molecule has 0 bridgehead atoms. The SMILES string of the molecule is CC(O)(C1CC1)C(Oc1ccc(Cl)cc1)n1cncn1. The molecular weight excluding hydrogens is 278 g/mol. The number of ether oxygens (including phenoxy) is 1. The van der Waals surface area contributed by atoms with E-state index in [2.05, 4.69) is 10.1 Å². The van der Waals surface area contributed by atoms with Gasteiger partial charge in [-0.2, -0.15) is 5.10 Å². The van der Waals surface area contributed by atoms with Crippen molar-refractivity contribution in [3.8, 4) is 5.75 Å². The lowest BCUT2D eigenvalue weighted by atomic mass is 9.98. The Labute approximate surface area is 122 Å². The van der Waals surface area contributed by atoms with Crippen LogP contribution in [-0.2, 0) is 0 Å². The van der Waals surface area contributed by atoms with Gasteiger partial charge in [0, 0.05) is 5.02 Å². The van der Waals surface area contributed by atoms with Crippen LogP contribution >= 0.6 is 11.6 Å². The van der Waals surface area contributed by atoms with Crippen molar-refractivity contribution >= 4 is 11.6 Å². The summed E-state index contributed by atoms with van der Waals surface area (Å²) in [6.07, 6.45) is 4.38. The van der Waals surface area contributed by atoms with Crippen molar-refractivity contribution in [3.05, 3.63) is 41.9 Å². The molecule has 1 aromatic heterocycles. The monoisotopic (exact) mass is 293 g/mol. The lowest BCUT2D eigenvalue weighted by Gasteiger charge is -2.33. The van der Waals surface area contributed by atoms with Crippen molar-refractivity contribution in [3.63, 3.8) is 0 Å². The predicted octanol–water partition coefficient (Wildman–Crippen LogP) is 2.67. The third-order valence-corrected chi connectivity index (χ3v) is 3.89. The largest absolute Gasteiger partial charge is 0.466 e. The molecule has 6 heteroatoms. The summed E-state index contributed by atoms with van der Waals surface area (Å²) in [4.78, 5) is 3.93. The van der Waals surface area contributed by atoms with Gasteiger partial charge < -0.3 is 9.84 Å². The molecule has 1 N–H and O–H groups in total. The highest BCUT2D eigenvalue weighted by atomic mass is 35.5. The van der Waals surface area contributed by atoms with Gasteiger partial charge in [0.15, 0.2) is 0 Å². The van der Waals surface area contributed by atoms with E-state index in [1.807, 2.05) is 0 Å². The number of rotatable bonds is 5. The zero-order valence-corrected chi connectivity index (χ0v) is 11.9. The molecule has 2 unspecified atom stereocenters. The molecule has 20 heavy (non-hydrogen) atoms. The second kappa shape index (κ2) is 5.07. The molecule has 5 nitrogen and oxygen atoms in total. The van der Waals surface area contributed by atoms with Crippen molar-refractivity contribution in [2.24, 2.45) is 5.92 Å². The van der Waals surface area contributed by atoms with Gasteiger partial charge in [-0.25, -0.2) is 9.67 Å². The number of hydrogen-bond donors (Lipinski definition) is 1. The maximum absolute atomic E-state index is 10.8. The second-order valence-corrected chi connectivity index (χ2v) is 5.74. The summed E-state index contributed by atoms with van der Waals surface area (Å²) in [5.41, 5.74) is -0.993. The fraction of sp³-hybridized carbons (Fsp3) is 0.429. The Kier molecular flexibility index (Phi) is 3.40. The van der Waals surface area contributed by atoms with E-state index in [9.17, 15) is 5.11 Å². The number of nitrogens with zero attached hydrogens (tertiary/aromatic N) is 3. The maximum atomic E-state index is 10.8. The van der Waals surface area contributed by atoms with Gasteiger partial charge in [0.25, 0.3) is 0 Å². The number of halogens is 1. The van der Waals surface area contributed by atoms with E-state index in [4.69, 9.17) is 16.3 Å². The van der Waals surface area contributed by atoms with Crippen LogP contribution in [0.25, 0.3) is 0 Å². The van der Waals surface area contributed by atoms with Gasteiger partial charge in [0.05, 0.1) is 0 Å². The Balaban J connectivity index is 1.88. The highest BCUT2D eigenvalue weighted by molar-refractivity contribution is 6.30. The zero-order chi connectivity index (χ0) is 14.2. The van der Waals surface area contributed by atoms with E-state index >= 15 is 0 Å². The first-order valence-electron chi connectivity index (χ1n) is 6.56. The van der Waals surface area contributed by atoms with E-state index < -0.39 is 11.8 Å². The molecule has 0 radical (unpaired) electrons. The highest BCUT2D eigenvalue weighted by Crippen LogP contribution is 2.45. The quantitative estimate of drug-likeness (QED) is 0.921. The molecule has 3 rings (SSSR count). The molecule has 2 aromatic rings. The van der Waals surface area contributed by atoms with Crippen LogP contribution in [0, 0.1) is 5.92 Å². The number of hydrogen-bond acceptors (Lipinski definition) is 4. The Morgan fingerprint density at radius 1 is 1.40 bits per heavy atom. The Morgan fingerprint density at radius 3 is 2.65 bits per heavy atom. The van der Waals surface area contributed by atoms with Crippen LogP contribution in [0.5, 0.6) is 5.75 Å². The third kappa shape index (κ3) is 2.64. The minimum absolute atomic E-state index is 0.226. The minimum Gasteiger partial charge on any atom is -0.466 e. The van der Waals surface area contributed by atoms with Gasteiger partial charge in [0.1, 0.15) is 24.0 Å². The topological polar surface area (TPSA) is 60.2 Å². The minimum atomic E-state index is -0.993. The Morgan fingerprint density at radius 2 is 2.10 bits per heavy atom. The van der Waals surface area contributed by atoms with Crippen molar-refractivity contribution in [1.29, 1.82) is 0 Å². The molecule has 1 aliphatic carbocycles. The van der Waals surface area contributed by atoms with E-state index in [-0.39, 0.29) is 5.92 Å². The molecule has 1 aliphatic rings. The number of aromatic nitrogens is 3. The Hall–Kier alpha value is -1.59. The maximum Gasteiger partial charge on any atom is 0.221 e. The average Bonchev–Trinajstić information content (AvgIpc) is 3.16. The van der Waals surface area contributed by atoms with E-state index in [0.29, 0.717) is 10.8 Å². The summed E-state index contributed by atoms with van der Waals surface area (Å²) in [6, 6.07) is 7.05. The second-order valence-electron chi connectivity index (χ2n) is 5.30. The van der Waals surface area contributed by atoms with Crippen LogP contribution in [-0.4, -0.2) is 25.5 Å². The Bertz CT molecular complexity index is 565. The van der Waals surface area contributed by atoms with Crippen LogP contribution in [0.2, 0.25) is 5.02 Å². The van der Waals surface area contributed by atoms with Crippen LogP contribution < -0.4 is 4.74 Å². The summed E-state index contributed by atoms with van der Waals surface area (Å²) in [7, 11) is 0. The zero-order valence-electron chi connectivity index (χ0n) is 11.1. The molecular formula is C14H16ClN3O2. The lowest BCUT2D eigenvalue weighted by Crippen LogP contribution is -2.42. The first-order chi connectivity index (χ1) is 9.57. The van der Waals surface area contributed by atoms with Gasteiger partial charge in [-0.1, -0.05) is 11.6 Å². The molecule has 0 aliphatic heterocycles. The van der Waals surface area contributed by atoms with E-state index in [1.165, 1.54) is 6.33 Å². The van der Waals surface area contributed by atoms with Gasteiger partial charge in [0.2, 0.25) is 6.23 Å². The normalized spacial score (nSPS) is 19.4. The molecule has 0 saturated heterocycles. The van der Waals surface area contributed by atoms with Crippen LogP contribution in [0.1, 0.15) is 26.0 Å². The van der Waals surface area contributed by atoms with Crippen LogP contribution in [0.15, 0.2) is 36.9 Å². The van der Waals surface area contributed by atoms with Crippen molar-refractivity contribution in [1.82, 2.24) is 14.8 Å². The summed E-state index contributed by atoms with van der Waals surface area (Å²) < 4.78 is 7.48. The molecule has 1 aromatic carbocycles. The number of benzene rings is 1. The molecule has 1 heterocycles. The first kappa shape index (κ1) is 13.4. The van der Waals surface area contributed by atoms with Crippen LogP contribution in [0.3, 0.4) is 0 Å². The van der Waals surface area contributed by atoms with Crippen molar-refractivity contribution in [2.75, 3.05) is 0 Å². The van der Waals surface area contributed by atoms with E-state index in [1.54, 1.807) is 42.2 Å². The fourth-order valence-electron chi connectivity index (χ4n) is 2.29. The van der Waals surface area contributed by atoms with Gasteiger partial charge in [-0.3, -0.25) is 0 Å². The summed E-state index contributed by atoms with van der Waals surface area (Å²) in [5, 5.41) is 15.5.